The van der Waals surface area contributed by atoms with Gasteiger partial charge in [0.15, 0.2) is 0 Å². The molecule has 1 aromatic heterocycles. The summed E-state index contributed by atoms with van der Waals surface area (Å²) in [4.78, 5) is 24.8. The SMILES string of the molecule is C[C@@H](NC(=O)CSc1nc(CN2CCOCC2)nc2ccccc12)c1ccc2c(c1)CCCC2. The quantitative estimate of drug-likeness (QED) is 0.405. The van der Waals surface area contributed by atoms with Gasteiger partial charge in [-0.05, 0) is 55.4 Å². The number of amides is 1. The average molecular weight is 477 g/mol. The Morgan fingerprint density at radius 1 is 1.09 bits per heavy atom. The molecule has 2 heterocycles. The summed E-state index contributed by atoms with van der Waals surface area (Å²) in [5.41, 5.74) is 5.01. The molecule has 1 aliphatic heterocycles. The molecule has 6 nitrogen and oxygen atoms in total. The molecule has 2 aliphatic rings. The molecule has 0 unspecified atom stereocenters. The number of carbonyl (C=O) groups excluding carboxylic acids is 1. The van der Waals surface area contributed by atoms with Crippen molar-refractivity contribution in [1.82, 2.24) is 20.2 Å². The fraction of sp³-hybridized carbons (Fsp3) is 0.444. The van der Waals surface area contributed by atoms with E-state index < -0.39 is 0 Å². The summed E-state index contributed by atoms with van der Waals surface area (Å²) in [7, 11) is 0. The first-order valence-corrected chi connectivity index (χ1v) is 13.2. The Hall–Kier alpha value is -2.48. The number of para-hydroxylation sites is 1. The molecule has 0 spiro atoms. The lowest BCUT2D eigenvalue weighted by atomic mass is 9.89. The molecule has 1 saturated heterocycles. The third-order valence-corrected chi connectivity index (χ3v) is 7.66. The summed E-state index contributed by atoms with van der Waals surface area (Å²) in [6.07, 6.45) is 4.86. The Morgan fingerprint density at radius 2 is 1.88 bits per heavy atom. The molecule has 1 atom stereocenters. The first-order chi connectivity index (χ1) is 16.7. The number of fused-ring (bicyclic) bond motifs is 2. The first kappa shape index (κ1) is 23.3. The topological polar surface area (TPSA) is 67.4 Å². The average Bonchev–Trinajstić information content (AvgIpc) is 2.87. The highest BCUT2D eigenvalue weighted by molar-refractivity contribution is 8.00. The molecule has 7 heteroatoms. The molecule has 1 amide bonds. The predicted molar refractivity (Wildman–Crippen MR) is 136 cm³/mol. The van der Waals surface area contributed by atoms with Crippen molar-refractivity contribution >= 4 is 28.6 Å². The number of nitrogens with zero attached hydrogens (tertiary/aromatic N) is 3. The third-order valence-electron chi connectivity index (χ3n) is 6.67. The van der Waals surface area contributed by atoms with E-state index in [9.17, 15) is 4.79 Å². The van der Waals surface area contributed by atoms with E-state index in [1.807, 2.05) is 24.3 Å². The van der Waals surface area contributed by atoms with Crippen molar-refractivity contribution in [2.75, 3.05) is 32.1 Å². The monoisotopic (exact) mass is 476 g/mol. The van der Waals surface area contributed by atoms with E-state index in [1.54, 1.807) is 0 Å². The maximum absolute atomic E-state index is 12.8. The summed E-state index contributed by atoms with van der Waals surface area (Å²) in [6.45, 7) is 6.04. The van der Waals surface area contributed by atoms with E-state index in [4.69, 9.17) is 14.7 Å². The van der Waals surface area contributed by atoms with E-state index in [-0.39, 0.29) is 11.9 Å². The molecule has 178 valence electrons. The second kappa shape index (κ2) is 10.8. The molecule has 3 aromatic rings. The van der Waals surface area contributed by atoms with E-state index in [2.05, 4.69) is 35.3 Å². The second-order valence-electron chi connectivity index (χ2n) is 9.16. The van der Waals surface area contributed by atoms with Gasteiger partial charge in [0.05, 0.1) is 37.1 Å². The van der Waals surface area contributed by atoms with Crippen molar-refractivity contribution in [2.24, 2.45) is 0 Å². The largest absolute Gasteiger partial charge is 0.379 e. The van der Waals surface area contributed by atoms with Crippen LogP contribution in [-0.4, -0.2) is 52.8 Å². The molecule has 1 N–H and O–H groups in total. The summed E-state index contributed by atoms with van der Waals surface area (Å²) in [5, 5.41) is 5.04. The zero-order valence-corrected chi connectivity index (χ0v) is 20.6. The van der Waals surface area contributed by atoms with Gasteiger partial charge >= 0.3 is 0 Å². The molecule has 0 radical (unpaired) electrons. The van der Waals surface area contributed by atoms with Crippen LogP contribution in [0, 0.1) is 0 Å². The Bertz CT molecular complexity index is 1160. The van der Waals surface area contributed by atoms with Crippen LogP contribution in [0.15, 0.2) is 47.5 Å². The Balaban J connectivity index is 1.25. The fourth-order valence-electron chi connectivity index (χ4n) is 4.76. The number of ether oxygens (including phenoxy) is 1. The fourth-order valence-corrected chi connectivity index (χ4v) is 5.61. The minimum absolute atomic E-state index is 0.0145. The maximum atomic E-state index is 12.8. The van der Waals surface area contributed by atoms with Gasteiger partial charge < -0.3 is 10.1 Å². The molecule has 1 aliphatic carbocycles. The number of morpholine rings is 1. The lowest BCUT2D eigenvalue weighted by Gasteiger charge is -2.25. The Kier molecular flexibility index (Phi) is 7.42. The number of hydrogen-bond donors (Lipinski definition) is 1. The Morgan fingerprint density at radius 3 is 2.74 bits per heavy atom. The number of carbonyl (C=O) groups is 1. The highest BCUT2D eigenvalue weighted by Gasteiger charge is 2.17. The lowest BCUT2D eigenvalue weighted by molar-refractivity contribution is -0.119. The second-order valence-corrected chi connectivity index (χ2v) is 10.1. The van der Waals surface area contributed by atoms with Gasteiger partial charge in [0.25, 0.3) is 0 Å². The third kappa shape index (κ3) is 5.59. The van der Waals surface area contributed by atoms with Crippen molar-refractivity contribution in [2.45, 2.75) is 50.2 Å². The molecule has 2 aromatic carbocycles. The Labute approximate surface area is 205 Å². The normalized spacial score (nSPS) is 17.3. The standard InChI is InChI=1S/C27H32N4O2S/c1-19(21-11-10-20-6-2-3-7-22(20)16-21)28-26(32)18-34-27-23-8-4-5-9-24(23)29-25(30-27)17-31-12-14-33-15-13-31/h4-5,8-11,16,19H,2-3,6-7,12-15,17-18H2,1H3,(H,28,32)/t19-/m1/s1. The van der Waals surface area contributed by atoms with Crippen LogP contribution >= 0.6 is 11.8 Å². The summed E-state index contributed by atoms with van der Waals surface area (Å²) >= 11 is 1.49. The summed E-state index contributed by atoms with van der Waals surface area (Å²) in [5.74, 6) is 1.14. The first-order valence-electron chi connectivity index (χ1n) is 12.3. The van der Waals surface area contributed by atoms with Crippen LogP contribution in [0.3, 0.4) is 0 Å². The lowest BCUT2D eigenvalue weighted by Crippen LogP contribution is -2.36. The molecule has 1 fully saturated rings. The van der Waals surface area contributed by atoms with Gasteiger partial charge in [0.2, 0.25) is 5.91 Å². The molecular formula is C27H32N4O2S. The van der Waals surface area contributed by atoms with Gasteiger partial charge in [-0.25, -0.2) is 9.97 Å². The van der Waals surface area contributed by atoms with Gasteiger partial charge in [-0.1, -0.05) is 48.2 Å². The van der Waals surface area contributed by atoms with Crippen LogP contribution in [0.4, 0.5) is 0 Å². The summed E-state index contributed by atoms with van der Waals surface area (Å²) in [6, 6.07) is 14.7. The predicted octanol–water partition coefficient (Wildman–Crippen LogP) is 4.31. The zero-order valence-electron chi connectivity index (χ0n) is 19.8. The van der Waals surface area contributed by atoms with Crippen molar-refractivity contribution < 1.29 is 9.53 Å². The van der Waals surface area contributed by atoms with Crippen LogP contribution < -0.4 is 5.32 Å². The van der Waals surface area contributed by atoms with Crippen molar-refractivity contribution in [3.05, 3.63) is 65.0 Å². The van der Waals surface area contributed by atoms with Gasteiger partial charge in [-0.15, -0.1) is 0 Å². The van der Waals surface area contributed by atoms with Gasteiger partial charge in [0.1, 0.15) is 10.9 Å². The molecule has 34 heavy (non-hydrogen) atoms. The van der Waals surface area contributed by atoms with Gasteiger partial charge in [-0.2, -0.15) is 0 Å². The molecule has 0 saturated carbocycles. The highest BCUT2D eigenvalue weighted by atomic mass is 32.2. The van der Waals surface area contributed by atoms with E-state index in [1.165, 1.54) is 47.7 Å². The minimum Gasteiger partial charge on any atom is -0.379 e. The van der Waals surface area contributed by atoms with Crippen LogP contribution in [0.2, 0.25) is 0 Å². The van der Waals surface area contributed by atoms with E-state index in [0.29, 0.717) is 12.3 Å². The highest BCUT2D eigenvalue weighted by Crippen LogP contribution is 2.27. The van der Waals surface area contributed by atoms with Gasteiger partial charge in [0, 0.05) is 18.5 Å². The minimum atomic E-state index is -0.0145. The molecule has 5 rings (SSSR count). The zero-order chi connectivity index (χ0) is 23.3. The van der Waals surface area contributed by atoms with E-state index >= 15 is 0 Å². The van der Waals surface area contributed by atoms with Crippen LogP contribution in [-0.2, 0) is 28.9 Å². The van der Waals surface area contributed by atoms with Crippen LogP contribution in [0.25, 0.3) is 10.9 Å². The molecular weight excluding hydrogens is 444 g/mol. The number of thioether (sulfide) groups is 1. The van der Waals surface area contributed by atoms with E-state index in [0.717, 1.165) is 54.5 Å². The van der Waals surface area contributed by atoms with Crippen LogP contribution in [0.5, 0.6) is 0 Å². The van der Waals surface area contributed by atoms with Crippen molar-refractivity contribution in [3.8, 4) is 0 Å². The van der Waals surface area contributed by atoms with Crippen molar-refractivity contribution in [3.63, 3.8) is 0 Å². The number of aryl methyl sites for hydroxylation is 2. The maximum Gasteiger partial charge on any atom is 0.230 e. The number of nitrogens with one attached hydrogen (secondary N) is 1. The number of aromatic nitrogens is 2. The number of hydrogen-bond acceptors (Lipinski definition) is 6. The summed E-state index contributed by atoms with van der Waals surface area (Å²) < 4.78 is 5.46. The van der Waals surface area contributed by atoms with Gasteiger partial charge in [-0.3, -0.25) is 9.69 Å². The van der Waals surface area contributed by atoms with Crippen LogP contribution in [0.1, 0.15) is 48.3 Å². The molecule has 0 bridgehead atoms. The number of rotatable bonds is 7. The van der Waals surface area contributed by atoms with Crippen molar-refractivity contribution in [1.29, 1.82) is 0 Å². The smallest absolute Gasteiger partial charge is 0.230 e. The number of benzene rings is 2.